The van der Waals surface area contributed by atoms with Crippen LogP contribution in [-0.2, 0) is 4.79 Å². The lowest BCUT2D eigenvalue weighted by Crippen LogP contribution is -2.45. The summed E-state index contributed by atoms with van der Waals surface area (Å²) in [5.41, 5.74) is 0. The Morgan fingerprint density at radius 2 is 0.641 bits per heavy atom. The molecular weight excluding hydrogens is 783 g/mol. The van der Waals surface area contributed by atoms with Crippen molar-refractivity contribution < 1.29 is 15.0 Å². The van der Waals surface area contributed by atoms with Crippen LogP contribution >= 0.6 is 0 Å². The zero-order valence-electron chi connectivity index (χ0n) is 43.6. The number of allylic oxidation sites excluding steroid dienone is 5. The van der Waals surface area contributed by atoms with Gasteiger partial charge in [0.1, 0.15) is 0 Å². The van der Waals surface area contributed by atoms with E-state index >= 15 is 0 Å². The Morgan fingerprint density at radius 3 is 0.938 bits per heavy atom. The van der Waals surface area contributed by atoms with Crippen molar-refractivity contribution in [3.05, 3.63) is 36.5 Å². The van der Waals surface area contributed by atoms with Gasteiger partial charge in [-0.1, -0.05) is 301 Å². The fourth-order valence-corrected chi connectivity index (χ4v) is 9.15. The number of aliphatic hydroxyl groups excluding tert-OH is 2. The molecule has 0 saturated heterocycles. The molecule has 0 aliphatic heterocycles. The van der Waals surface area contributed by atoms with Crippen molar-refractivity contribution in [1.29, 1.82) is 0 Å². The number of carbonyl (C=O) groups is 1. The Bertz CT molecular complexity index is 974. The third-order valence-corrected chi connectivity index (χ3v) is 13.6. The van der Waals surface area contributed by atoms with Crippen molar-refractivity contribution in [1.82, 2.24) is 5.32 Å². The summed E-state index contributed by atoms with van der Waals surface area (Å²) >= 11 is 0. The van der Waals surface area contributed by atoms with Gasteiger partial charge in [-0.25, -0.2) is 0 Å². The normalized spacial score (nSPS) is 13.0. The maximum Gasteiger partial charge on any atom is 0.220 e. The Balaban J connectivity index is 3.49. The van der Waals surface area contributed by atoms with E-state index in [9.17, 15) is 15.0 Å². The van der Waals surface area contributed by atoms with E-state index in [1.54, 1.807) is 6.08 Å². The molecule has 0 aromatic rings. The number of carbonyl (C=O) groups excluding carboxylic acids is 1. The number of unbranched alkanes of at least 4 members (excludes halogenated alkanes) is 43. The molecule has 0 aromatic carbocycles. The average Bonchev–Trinajstić information content (AvgIpc) is 3.30. The molecule has 64 heavy (non-hydrogen) atoms. The van der Waals surface area contributed by atoms with Gasteiger partial charge in [-0.3, -0.25) is 4.79 Å². The first-order valence-electron chi connectivity index (χ1n) is 29.2. The highest BCUT2D eigenvalue weighted by atomic mass is 16.3. The summed E-state index contributed by atoms with van der Waals surface area (Å²) in [5, 5.41) is 23.2. The van der Waals surface area contributed by atoms with Crippen LogP contribution in [0.2, 0.25) is 0 Å². The number of rotatable bonds is 54. The van der Waals surface area contributed by atoms with Crippen LogP contribution < -0.4 is 5.32 Å². The molecule has 4 heteroatoms. The zero-order valence-corrected chi connectivity index (χ0v) is 43.6. The second-order valence-corrected chi connectivity index (χ2v) is 20.1. The van der Waals surface area contributed by atoms with Gasteiger partial charge in [-0.05, 0) is 51.4 Å². The smallest absolute Gasteiger partial charge is 0.220 e. The molecule has 1 amide bonds. The lowest BCUT2D eigenvalue weighted by Gasteiger charge is -2.20. The maximum atomic E-state index is 12.5. The maximum absolute atomic E-state index is 12.5. The van der Waals surface area contributed by atoms with Gasteiger partial charge in [0.25, 0.3) is 0 Å². The molecule has 0 radical (unpaired) electrons. The van der Waals surface area contributed by atoms with E-state index in [-0.39, 0.29) is 12.5 Å². The summed E-state index contributed by atoms with van der Waals surface area (Å²) in [6.45, 7) is 4.34. The molecule has 0 aliphatic carbocycles. The molecule has 0 rings (SSSR count). The van der Waals surface area contributed by atoms with E-state index in [4.69, 9.17) is 0 Å². The molecule has 378 valence electrons. The van der Waals surface area contributed by atoms with Crippen molar-refractivity contribution in [3.8, 4) is 0 Å². The summed E-state index contributed by atoms with van der Waals surface area (Å²) < 4.78 is 0. The molecule has 0 spiro atoms. The van der Waals surface area contributed by atoms with Gasteiger partial charge in [0.2, 0.25) is 5.91 Å². The van der Waals surface area contributed by atoms with Crippen molar-refractivity contribution >= 4 is 5.91 Å². The molecule has 2 unspecified atom stereocenters. The number of hydrogen-bond acceptors (Lipinski definition) is 3. The molecule has 0 heterocycles. The zero-order chi connectivity index (χ0) is 46.3. The fourth-order valence-electron chi connectivity index (χ4n) is 9.15. The third-order valence-electron chi connectivity index (χ3n) is 13.6. The predicted octanol–water partition coefficient (Wildman–Crippen LogP) is 19.3. The van der Waals surface area contributed by atoms with Gasteiger partial charge in [-0.15, -0.1) is 0 Å². The van der Waals surface area contributed by atoms with Crippen LogP contribution in [0.25, 0.3) is 0 Å². The third kappa shape index (κ3) is 51.6. The molecule has 2 atom stereocenters. The second-order valence-electron chi connectivity index (χ2n) is 20.1. The Kier molecular flexibility index (Phi) is 54.7. The minimum atomic E-state index is -0.841. The SMILES string of the molecule is CCCCCCCCCCC/C=C\C/C=C\CCCCCCCCCCCCCC(=O)NC(CO)C(O)/C=C/CCCCCCCCCCCCCCCCCCCCCCCCC. The van der Waals surface area contributed by atoms with Gasteiger partial charge in [-0.2, -0.15) is 0 Å². The molecule has 4 nitrogen and oxygen atoms in total. The van der Waals surface area contributed by atoms with E-state index in [1.807, 2.05) is 6.08 Å². The first-order chi connectivity index (χ1) is 31.7. The molecular formula is C60H115NO3. The van der Waals surface area contributed by atoms with Crippen LogP contribution in [0.4, 0.5) is 0 Å². The minimum absolute atomic E-state index is 0.0618. The first kappa shape index (κ1) is 62.6. The van der Waals surface area contributed by atoms with Crippen LogP contribution in [0.15, 0.2) is 36.5 Å². The van der Waals surface area contributed by atoms with E-state index in [0.717, 1.165) is 32.1 Å². The van der Waals surface area contributed by atoms with Crippen molar-refractivity contribution in [2.24, 2.45) is 0 Å². The highest BCUT2D eigenvalue weighted by molar-refractivity contribution is 5.76. The lowest BCUT2D eigenvalue weighted by molar-refractivity contribution is -0.123. The largest absolute Gasteiger partial charge is 0.394 e. The number of nitrogens with one attached hydrogen (secondary N) is 1. The number of hydrogen-bond donors (Lipinski definition) is 3. The van der Waals surface area contributed by atoms with Crippen molar-refractivity contribution in [3.63, 3.8) is 0 Å². The first-order valence-corrected chi connectivity index (χ1v) is 29.2. The van der Waals surface area contributed by atoms with Gasteiger partial charge < -0.3 is 15.5 Å². The fraction of sp³-hybridized carbons (Fsp3) is 0.883. The highest BCUT2D eigenvalue weighted by Crippen LogP contribution is 2.17. The van der Waals surface area contributed by atoms with Gasteiger partial charge >= 0.3 is 0 Å². The highest BCUT2D eigenvalue weighted by Gasteiger charge is 2.18. The molecule has 0 fully saturated rings. The summed E-state index contributed by atoms with van der Waals surface area (Å²) in [6, 6.07) is -0.624. The quantitative estimate of drug-likeness (QED) is 0.0421. The topological polar surface area (TPSA) is 69.6 Å². The van der Waals surface area contributed by atoms with Crippen LogP contribution in [0, 0.1) is 0 Å². The van der Waals surface area contributed by atoms with Crippen LogP contribution in [0.1, 0.15) is 322 Å². The standard InChI is InChI=1S/C60H115NO3/c1-3-5-7-9-11-13-15-17-19-21-23-25-27-29-30-32-34-36-38-40-42-44-46-48-50-52-54-56-60(64)61-58(57-62)59(63)55-53-51-49-47-45-43-41-39-37-35-33-31-28-26-24-22-20-18-16-14-12-10-8-6-4-2/h23,25,29-30,53,55,58-59,62-63H,3-22,24,26-28,31-52,54,56-57H2,1-2H3,(H,61,64)/b25-23-,30-29-,55-53+. The van der Waals surface area contributed by atoms with Gasteiger partial charge in [0.15, 0.2) is 0 Å². The minimum Gasteiger partial charge on any atom is -0.394 e. The molecule has 0 aliphatic rings. The van der Waals surface area contributed by atoms with Crippen LogP contribution in [0.5, 0.6) is 0 Å². The lowest BCUT2D eigenvalue weighted by atomic mass is 10.0. The molecule has 0 bridgehead atoms. The Morgan fingerprint density at radius 1 is 0.375 bits per heavy atom. The van der Waals surface area contributed by atoms with E-state index in [0.29, 0.717) is 6.42 Å². The van der Waals surface area contributed by atoms with Gasteiger partial charge in [0.05, 0.1) is 18.8 Å². The van der Waals surface area contributed by atoms with E-state index in [1.165, 1.54) is 270 Å². The van der Waals surface area contributed by atoms with E-state index < -0.39 is 12.1 Å². The summed E-state index contributed by atoms with van der Waals surface area (Å²) in [5.74, 6) is -0.0618. The van der Waals surface area contributed by atoms with Gasteiger partial charge in [0, 0.05) is 6.42 Å². The summed E-state index contributed by atoms with van der Waals surface area (Å²) in [7, 11) is 0. The van der Waals surface area contributed by atoms with Crippen LogP contribution in [0.3, 0.4) is 0 Å². The Hall–Kier alpha value is -1.39. The predicted molar refractivity (Wildman–Crippen MR) is 285 cm³/mol. The monoisotopic (exact) mass is 898 g/mol. The summed E-state index contributed by atoms with van der Waals surface area (Å²) in [6.07, 6.45) is 76.0. The Labute approximate surface area is 402 Å². The average molecular weight is 899 g/mol. The summed E-state index contributed by atoms with van der Waals surface area (Å²) in [4.78, 5) is 12.5. The number of amides is 1. The van der Waals surface area contributed by atoms with Crippen molar-refractivity contribution in [2.45, 2.75) is 334 Å². The number of aliphatic hydroxyl groups is 2. The molecule has 0 saturated carbocycles. The van der Waals surface area contributed by atoms with E-state index in [2.05, 4.69) is 43.5 Å². The molecule has 0 aromatic heterocycles. The van der Waals surface area contributed by atoms with Crippen LogP contribution in [-0.4, -0.2) is 34.9 Å². The van der Waals surface area contributed by atoms with Crippen molar-refractivity contribution in [2.75, 3.05) is 6.61 Å². The second kappa shape index (κ2) is 55.9. The molecule has 3 N–H and O–H groups in total.